The van der Waals surface area contributed by atoms with Gasteiger partial charge in [0.15, 0.2) is 0 Å². The van der Waals surface area contributed by atoms with E-state index in [0.29, 0.717) is 0 Å². The minimum atomic E-state index is -0.945. The summed E-state index contributed by atoms with van der Waals surface area (Å²) in [6.45, 7) is 2.03. The van der Waals surface area contributed by atoms with E-state index in [1.165, 1.54) is 0 Å². The number of carboxylic acid groups (broad SMARTS) is 1. The van der Waals surface area contributed by atoms with Crippen LogP contribution in [0.15, 0.2) is 24.3 Å². The van der Waals surface area contributed by atoms with Gasteiger partial charge in [-0.1, -0.05) is 13.0 Å². The van der Waals surface area contributed by atoms with E-state index >= 15 is 0 Å². The van der Waals surface area contributed by atoms with Crippen LogP contribution in [-0.2, 0) is 11.2 Å². The average molecular weight is 216 g/mol. The number of aryl methyl sites for hydroxylation is 1. The maximum Gasteiger partial charge on any atom is 0.328 e. The zero-order valence-corrected chi connectivity index (χ0v) is 8.90. The lowest BCUT2D eigenvalue weighted by Crippen LogP contribution is -1.85. The Balaban J connectivity index is 2.39. The van der Waals surface area contributed by atoms with Gasteiger partial charge in [-0.2, -0.15) is 0 Å². The molecular formula is C12H12N2O2. The number of aliphatic carboxylic acids is 1. The van der Waals surface area contributed by atoms with Gasteiger partial charge in [-0.05, 0) is 23.8 Å². The van der Waals surface area contributed by atoms with Gasteiger partial charge in [-0.25, -0.2) is 9.78 Å². The molecule has 2 rings (SSSR count). The monoisotopic (exact) mass is 216 g/mol. The first-order chi connectivity index (χ1) is 7.69. The number of imidazole rings is 1. The molecule has 1 aromatic heterocycles. The highest BCUT2D eigenvalue weighted by Crippen LogP contribution is 2.15. The molecule has 1 aromatic carbocycles. The fourth-order valence-corrected chi connectivity index (χ4v) is 1.52. The summed E-state index contributed by atoms with van der Waals surface area (Å²) in [5, 5.41) is 8.52. The van der Waals surface area contributed by atoms with Crippen LogP contribution in [0.5, 0.6) is 0 Å². The summed E-state index contributed by atoms with van der Waals surface area (Å²) in [5.74, 6) is -0.00619. The third kappa shape index (κ3) is 2.11. The molecule has 0 aliphatic heterocycles. The van der Waals surface area contributed by atoms with E-state index in [4.69, 9.17) is 5.11 Å². The van der Waals surface area contributed by atoms with Crippen molar-refractivity contribution in [1.82, 2.24) is 9.97 Å². The second-order valence-corrected chi connectivity index (χ2v) is 3.49. The summed E-state index contributed by atoms with van der Waals surface area (Å²) >= 11 is 0. The van der Waals surface area contributed by atoms with Crippen molar-refractivity contribution >= 4 is 23.1 Å². The maximum absolute atomic E-state index is 10.4. The number of aromatic amines is 1. The van der Waals surface area contributed by atoms with E-state index in [0.717, 1.165) is 34.9 Å². The van der Waals surface area contributed by atoms with Crippen LogP contribution in [0.3, 0.4) is 0 Å². The minimum Gasteiger partial charge on any atom is -0.478 e. The highest BCUT2D eigenvalue weighted by Gasteiger charge is 2.00. The Morgan fingerprint density at radius 2 is 2.38 bits per heavy atom. The molecule has 0 bridgehead atoms. The van der Waals surface area contributed by atoms with Gasteiger partial charge in [-0.3, -0.25) is 0 Å². The second kappa shape index (κ2) is 4.18. The smallest absolute Gasteiger partial charge is 0.328 e. The number of carbonyl (C=O) groups is 1. The molecule has 0 amide bonds. The molecule has 82 valence electrons. The maximum atomic E-state index is 10.4. The lowest BCUT2D eigenvalue weighted by Gasteiger charge is -1.92. The zero-order chi connectivity index (χ0) is 11.5. The Hall–Kier alpha value is -2.10. The molecule has 4 heteroatoms. The van der Waals surface area contributed by atoms with Crippen LogP contribution < -0.4 is 0 Å². The van der Waals surface area contributed by atoms with Crippen LogP contribution in [0.4, 0.5) is 0 Å². The van der Waals surface area contributed by atoms with Gasteiger partial charge in [0.25, 0.3) is 0 Å². The number of hydrogen-bond donors (Lipinski definition) is 2. The molecule has 1 heterocycles. The van der Waals surface area contributed by atoms with Crippen LogP contribution in [0.2, 0.25) is 0 Å². The Labute approximate surface area is 92.6 Å². The first kappa shape index (κ1) is 10.4. The molecule has 0 atom stereocenters. The number of fused-ring (bicyclic) bond motifs is 1. The molecular weight excluding hydrogens is 204 g/mol. The number of H-pyrrole nitrogens is 1. The van der Waals surface area contributed by atoms with Crippen molar-refractivity contribution in [2.45, 2.75) is 13.3 Å². The van der Waals surface area contributed by atoms with Crippen molar-refractivity contribution < 1.29 is 9.90 Å². The lowest BCUT2D eigenvalue weighted by molar-refractivity contribution is -0.131. The summed E-state index contributed by atoms with van der Waals surface area (Å²) in [6.07, 6.45) is 3.54. The van der Waals surface area contributed by atoms with E-state index < -0.39 is 5.97 Å². The van der Waals surface area contributed by atoms with Gasteiger partial charge in [0.05, 0.1) is 11.0 Å². The van der Waals surface area contributed by atoms with Crippen molar-refractivity contribution in [3.63, 3.8) is 0 Å². The van der Waals surface area contributed by atoms with E-state index in [1.807, 2.05) is 25.1 Å². The van der Waals surface area contributed by atoms with Crippen molar-refractivity contribution in [1.29, 1.82) is 0 Å². The number of benzene rings is 1. The molecule has 0 saturated carbocycles. The highest BCUT2D eigenvalue weighted by atomic mass is 16.4. The number of nitrogens with zero attached hydrogens (tertiary/aromatic N) is 1. The Bertz CT molecular complexity index is 555. The van der Waals surface area contributed by atoms with Gasteiger partial charge >= 0.3 is 5.97 Å². The third-order valence-electron chi connectivity index (χ3n) is 2.31. The zero-order valence-electron chi connectivity index (χ0n) is 8.90. The number of aromatic nitrogens is 2. The molecule has 4 nitrogen and oxygen atoms in total. The summed E-state index contributed by atoms with van der Waals surface area (Å²) in [5.41, 5.74) is 2.69. The topological polar surface area (TPSA) is 66.0 Å². The lowest BCUT2D eigenvalue weighted by atomic mass is 10.2. The molecule has 2 aromatic rings. The molecule has 0 aliphatic rings. The second-order valence-electron chi connectivity index (χ2n) is 3.49. The predicted octanol–water partition coefficient (Wildman–Crippen LogP) is 2.22. The quantitative estimate of drug-likeness (QED) is 0.773. The fourth-order valence-electron chi connectivity index (χ4n) is 1.52. The van der Waals surface area contributed by atoms with Gasteiger partial charge in [0, 0.05) is 12.5 Å². The number of carboxylic acids is 1. The summed E-state index contributed by atoms with van der Waals surface area (Å²) < 4.78 is 0. The molecule has 0 fully saturated rings. The van der Waals surface area contributed by atoms with Gasteiger partial charge in [0.1, 0.15) is 5.82 Å². The third-order valence-corrected chi connectivity index (χ3v) is 2.31. The van der Waals surface area contributed by atoms with E-state index in [2.05, 4.69) is 9.97 Å². The Morgan fingerprint density at radius 3 is 3.06 bits per heavy atom. The molecule has 2 N–H and O–H groups in total. The van der Waals surface area contributed by atoms with Crippen molar-refractivity contribution in [3.8, 4) is 0 Å². The van der Waals surface area contributed by atoms with E-state index in [-0.39, 0.29) is 0 Å². The van der Waals surface area contributed by atoms with Crippen molar-refractivity contribution in [2.75, 3.05) is 0 Å². The van der Waals surface area contributed by atoms with Gasteiger partial charge in [-0.15, -0.1) is 0 Å². The fraction of sp³-hybridized carbons (Fsp3) is 0.167. The molecule has 0 saturated heterocycles. The summed E-state index contributed by atoms with van der Waals surface area (Å²) in [4.78, 5) is 17.9. The van der Waals surface area contributed by atoms with Crippen molar-refractivity contribution in [2.24, 2.45) is 0 Å². The Kier molecular flexibility index (Phi) is 2.72. The van der Waals surface area contributed by atoms with Crippen LogP contribution in [0.1, 0.15) is 18.3 Å². The SMILES string of the molecule is CCc1nc2ccc(/C=C/C(=O)O)cc2[nH]1. The predicted molar refractivity (Wildman–Crippen MR) is 62.1 cm³/mol. The van der Waals surface area contributed by atoms with Crippen LogP contribution >= 0.6 is 0 Å². The molecule has 16 heavy (non-hydrogen) atoms. The molecule has 0 unspecified atom stereocenters. The highest BCUT2D eigenvalue weighted by molar-refractivity contribution is 5.86. The number of hydrogen-bond acceptors (Lipinski definition) is 2. The normalized spacial score (nSPS) is 11.3. The first-order valence-electron chi connectivity index (χ1n) is 5.08. The van der Waals surface area contributed by atoms with E-state index in [1.54, 1.807) is 6.08 Å². The van der Waals surface area contributed by atoms with Gasteiger partial charge < -0.3 is 10.1 Å². The molecule has 0 radical (unpaired) electrons. The standard InChI is InChI=1S/C12H12N2O2/c1-2-11-13-9-5-3-8(4-6-12(15)16)7-10(9)14-11/h3-7H,2H2,1H3,(H,13,14)(H,15,16)/b6-4+. The van der Waals surface area contributed by atoms with Crippen molar-refractivity contribution in [3.05, 3.63) is 35.7 Å². The first-order valence-corrected chi connectivity index (χ1v) is 5.08. The Morgan fingerprint density at radius 1 is 1.56 bits per heavy atom. The molecule has 0 spiro atoms. The van der Waals surface area contributed by atoms with Crippen LogP contribution in [0.25, 0.3) is 17.1 Å². The van der Waals surface area contributed by atoms with Crippen LogP contribution in [-0.4, -0.2) is 21.0 Å². The minimum absolute atomic E-state index is 0.848. The van der Waals surface area contributed by atoms with E-state index in [9.17, 15) is 4.79 Å². The summed E-state index contributed by atoms with van der Waals surface area (Å²) in [7, 11) is 0. The van der Waals surface area contributed by atoms with Gasteiger partial charge in [0.2, 0.25) is 0 Å². The summed E-state index contributed by atoms with van der Waals surface area (Å²) in [6, 6.07) is 5.62. The molecule has 0 aliphatic carbocycles. The number of rotatable bonds is 3. The average Bonchev–Trinajstić information content (AvgIpc) is 2.68. The van der Waals surface area contributed by atoms with Crippen LogP contribution in [0, 0.1) is 0 Å². The number of nitrogens with one attached hydrogen (secondary N) is 1. The largest absolute Gasteiger partial charge is 0.478 e.